The average molecular weight is 218 g/mol. The molecule has 2 N–H and O–H groups in total. The van der Waals surface area contributed by atoms with Crippen LogP contribution in [-0.4, -0.2) is 31.1 Å². The first-order valence-corrected chi connectivity index (χ1v) is 4.03. The smallest absolute Gasteiger partial charge is 0.464 e. The Hall–Kier alpha value is -1.18. The molecular weight excluding hydrogens is 209 g/mol. The first-order valence-electron chi connectivity index (χ1n) is 4.03. The van der Waals surface area contributed by atoms with E-state index >= 15 is 0 Å². The fourth-order valence-corrected chi connectivity index (χ4v) is 0.980. The maximum absolute atomic E-state index is 13.2. The molecule has 0 amide bonds. The summed E-state index contributed by atoms with van der Waals surface area (Å²) in [4.78, 5) is 0. The van der Waals surface area contributed by atoms with Gasteiger partial charge in [-0.15, -0.1) is 0 Å². The van der Waals surface area contributed by atoms with Gasteiger partial charge in [-0.3, -0.25) is 0 Å². The highest BCUT2D eigenvalue weighted by Gasteiger charge is 2.22. The predicted octanol–water partition coefficient (Wildman–Crippen LogP) is -0.373. The Morgan fingerprint density at radius 1 is 1.27 bits per heavy atom. The Morgan fingerprint density at radius 3 is 2.47 bits per heavy atom. The molecule has 0 spiro atoms. The largest absolute Gasteiger partial charge is 0.491 e. The Labute approximate surface area is 85.2 Å². The molecule has 1 aromatic carbocycles. The summed E-state index contributed by atoms with van der Waals surface area (Å²) in [5.41, 5.74) is -0.544. The lowest BCUT2D eigenvalue weighted by atomic mass is 9.80. The second kappa shape index (κ2) is 5.06. The summed E-state index contributed by atoms with van der Waals surface area (Å²) in [5, 5.41) is 17.4. The molecule has 1 aromatic rings. The molecule has 0 heterocycles. The lowest BCUT2D eigenvalue weighted by molar-refractivity contribution is 0.0478. The zero-order valence-electron chi connectivity index (χ0n) is 7.91. The normalized spacial score (nSPS) is 10.2. The third-order valence-corrected chi connectivity index (χ3v) is 1.69. The number of methoxy groups -OCH3 is 1. The van der Waals surface area contributed by atoms with Crippen molar-refractivity contribution < 1.29 is 28.3 Å². The Morgan fingerprint density at radius 2 is 1.93 bits per heavy atom. The first-order chi connectivity index (χ1) is 7.07. The van der Waals surface area contributed by atoms with Gasteiger partial charge in [0.25, 0.3) is 0 Å². The van der Waals surface area contributed by atoms with Crippen LogP contribution in [0.2, 0.25) is 0 Å². The SMILES string of the molecule is COCOc1ccc(B(O)O)c(F)c1F. The standard InChI is InChI=1S/C8H9BF2O4/c1-14-4-15-6-3-2-5(9(12)13)7(10)8(6)11/h2-3,12-13H,4H2,1H3. The summed E-state index contributed by atoms with van der Waals surface area (Å²) in [6.45, 7) is -0.225. The van der Waals surface area contributed by atoms with Crippen LogP contribution in [0.25, 0.3) is 0 Å². The first kappa shape index (κ1) is 11.9. The van der Waals surface area contributed by atoms with E-state index < -0.39 is 24.2 Å². The predicted molar refractivity (Wildman–Crippen MR) is 48.7 cm³/mol. The Balaban J connectivity index is 2.99. The number of hydrogen-bond donors (Lipinski definition) is 2. The minimum atomic E-state index is -2.06. The van der Waals surface area contributed by atoms with Gasteiger partial charge in [-0.2, -0.15) is 4.39 Å². The summed E-state index contributed by atoms with van der Waals surface area (Å²) in [5.74, 6) is -2.98. The lowest BCUT2D eigenvalue weighted by Gasteiger charge is -2.08. The highest BCUT2D eigenvalue weighted by molar-refractivity contribution is 6.58. The number of rotatable bonds is 4. The molecule has 15 heavy (non-hydrogen) atoms. The summed E-state index contributed by atoms with van der Waals surface area (Å²) in [6, 6.07) is 2.11. The number of halogens is 2. The molecule has 7 heteroatoms. The molecule has 0 fully saturated rings. The third-order valence-electron chi connectivity index (χ3n) is 1.69. The van der Waals surface area contributed by atoms with E-state index in [1.165, 1.54) is 7.11 Å². The minimum Gasteiger partial charge on any atom is -0.464 e. The van der Waals surface area contributed by atoms with Crippen LogP contribution in [0.3, 0.4) is 0 Å². The number of benzene rings is 1. The van der Waals surface area contributed by atoms with Crippen molar-refractivity contribution in [3.8, 4) is 5.75 Å². The molecule has 4 nitrogen and oxygen atoms in total. The molecule has 0 aliphatic rings. The van der Waals surface area contributed by atoms with E-state index in [1.807, 2.05) is 0 Å². The summed E-state index contributed by atoms with van der Waals surface area (Å²) in [6.07, 6.45) is 0. The molecule has 82 valence electrons. The van der Waals surface area contributed by atoms with E-state index in [4.69, 9.17) is 14.8 Å². The molecule has 0 unspecified atom stereocenters. The Kier molecular flexibility index (Phi) is 4.01. The highest BCUT2D eigenvalue weighted by atomic mass is 19.2. The zero-order chi connectivity index (χ0) is 11.4. The average Bonchev–Trinajstić information content (AvgIpc) is 2.20. The fourth-order valence-electron chi connectivity index (χ4n) is 0.980. The maximum atomic E-state index is 13.2. The van der Waals surface area contributed by atoms with Crippen molar-refractivity contribution in [2.45, 2.75) is 0 Å². The van der Waals surface area contributed by atoms with Gasteiger partial charge in [-0.1, -0.05) is 6.07 Å². The van der Waals surface area contributed by atoms with Gasteiger partial charge >= 0.3 is 7.12 Å². The zero-order valence-corrected chi connectivity index (χ0v) is 7.91. The van der Waals surface area contributed by atoms with Crippen molar-refractivity contribution in [3.63, 3.8) is 0 Å². The Bertz CT molecular complexity index is 346. The molecule has 0 saturated heterocycles. The maximum Gasteiger partial charge on any atom is 0.491 e. The molecule has 1 rings (SSSR count). The van der Waals surface area contributed by atoms with Gasteiger partial charge in [0.15, 0.2) is 24.2 Å². The van der Waals surface area contributed by atoms with Crippen LogP contribution in [0.15, 0.2) is 12.1 Å². The van der Waals surface area contributed by atoms with Crippen molar-refractivity contribution in [1.29, 1.82) is 0 Å². The van der Waals surface area contributed by atoms with E-state index in [1.54, 1.807) is 0 Å². The van der Waals surface area contributed by atoms with Gasteiger partial charge in [0.2, 0.25) is 0 Å². The minimum absolute atomic E-state index is 0.225. The lowest BCUT2D eigenvalue weighted by Crippen LogP contribution is -2.33. The van der Waals surface area contributed by atoms with Crippen LogP contribution < -0.4 is 10.2 Å². The van der Waals surface area contributed by atoms with E-state index in [0.29, 0.717) is 0 Å². The van der Waals surface area contributed by atoms with Crippen molar-refractivity contribution in [3.05, 3.63) is 23.8 Å². The molecule has 0 atom stereocenters. The van der Waals surface area contributed by atoms with Crippen molar-refractivity contribution in [1.82, 2.24) is 0 Å². The monoisotopic (exact) mass is 218 g/mol. The van der Waals surface area contributed by atoms with Gasteiger partial charge in [0.05, 0.1) is 0 Å². The van der Waals surface area contributed by atoms with E-state index in [0.717, 1.165) is 12.1 Å². The van der Waals surface area contributed by atoms with Crippen molar-refractivity contribution in [2.75, 3.05) is 13.9 Å². The summed E-state index contributed by atoms with van der Waals surface area (Å²) < 4.78 is 35.5. The molecule has 0 aliphatic heterocycles. The second-order valence-electron chi connectivity index (χ2n) is 2.71. The van der Waals surface area contributed by atoms with E-state index in [2.05, 4.69) is 4.74 Å². The summed E-state index contributed by atoms with van der Waals surface area (Å²) >= 11 is 0. The molecule has 0 radical (unpaired) electrons. The van der Waals surface area contributed by atoms with Gasteiger partial charge in [0.1, 0.15) is 0 Å². The van der Waals surface area contributed by atoms with E-state index in [9.17, 15) is 8.78 Å². The van der Waals surface area contributed by atoms with Crippen LogP contribution in [0.4, 0.5) is 8.78 Å². The van der Waals surface area contributed by atoms with Crippen LogP contribution in [0.5, 0.6) is 5.75 Å². The van der Waals surface area contributed by atoms with Crippen LogP contribution in [0, 0.1) is 11.6 Å². The number of ether oxygens (including phenoxy) is 2. The highest BCUT2D eigenvalue weighted by Crippen LogP contribution is 2.18. The molecule has 0 bridgehead atoms. The van der Waals surface area contributed by atoms with E-state index in [-0.39, 0.29) is 12.5 Å². The van der Waals surface area contributed by atoms with Gasteiger partial charge < -0.3 is 19.5 Å². The molecular formula is C8H9BF2O4. The van der Waals surface area contributed by atoms with Crippen molar-refractivity contribution in [2.24, 2.45) is 0 Å². The molecule has 0 aromatic heterocycles. The molecule has 0 aliphatic carbocycles. The third kappa shape index (κ3) is 2.65. The quantitative estimate of drug-likeness (QED) is 0.534. The van der Waals surface area contributed by atoms with Gasteiger partial charge in [-0.25, -0.2) is 4.39 Å². The van der Waals surface area contributed by atoms with Gasteiger partial charge in [-0.05, 0) is 6.07 Å². The second-order valence-corrected chi connectivity index (χ2v) is 2.71. The fraction of sp³-hybridized carbons (Fsp3) is 0.250. The number of hydrogen-bond acceptors (Lipinski definition) is 4. The van der Waals surface area contributed by atoms with Crippen molar-refractivity contribution >= 4 is 12.6 Å². The van der Waals surface area contributed by atoms with Gasteiger partial charge in [0, 0.05) is 12.6 Å². The van der Waals surface area contributed by atoms with Crippen LogP contribution in [-0.2, 0) is 4.74 Å². The molecule has 0 saturated carbocycles. The van der Waals surface area contributed by atoms with Crippen LogP contribution >= 0.6 is 0 Å². The topological polar surface area (TPSA) is 58.9 Å². The summed E-state index contributed by atoms with van der Waals surface area (Å²) in [7, 11) is -0.726. The van der Waals surface area contributed by atoms with Crippen LogP contribution in [0.1, 0.15) is 0 Å².